The molecule has 0 bridgehead atoms. The zero-order valence-electron chi connectivity index (χ0n) is 10.2. The normalized spacial score (nSPS) is 12.9. The summed E-state index contributed by atoms with van der Waals surface area (Å²) in [5.41, 5.74) is 1.02. The molecule has 0 aliphatic rings. The summed E-state index contributed by atoms with van der Waals surface area (Å²) in [7, 11) is 1.86. The molecule has 0 spiro atoms. The zero-order chi connectivity index (χ0) is 12.3. The molecule has 0 saturated carbocycles. The van der Waals surface area contributed by atoms with E-state index in [1.54, 1.807) is 12.4 Å². The van der Waals surface area contributed by atoms with Crippen molar-refractivity contribution >= 4 is 0 Å². The van der Waals surface area contributed by atoms with Gasteiger partial charge in [-0.3, -0.25) is 4.98 Å². The van der Waals surface area contributed by atoms with E-state index in [1.165, 1.54) is 0 Å². The SMILES string of the molecule is CN[C@H](c1cccnc1)c1noc(C(C)C)n1. The highest BCUT2D eigenvalue weighted by atomic mass is 16.5. The number of nitrogens with zero attached hydrogens (tertiary/aromatic N) is 3. The molecule has 5 nitrogen and oxygen atoms in total. The van der Waals surface area contributed by atoms with Gasteiger partial charge in [0.2, 0.25) is 5.89 Å². The lowest BCUT2D eigenvalue weighted by atomic mass is 10.1. The maximum absolute atomic E-state index is 5.21. The molecule has 1 N–H and O–H groups in total. The van der Waals surface area contributed by atoms with Crippen molar-refractivity contribution in [3.05, 3.63) is 41.8 Å². The van der Waals surface area contributed by atoms with E-state index in [4.69, 9.17) is 4.52 Å². The van der Waals surface area contributed by atoms with E-state index in [2.05, 4.69) is 20.4 Å². The maximum Gasteiger partial charge on any atom is 0.229 e. The first-order valence-electron chi connectivity index (χ1n) is 5.63. The second-order valence-electron chi connectivity index (χ2n) is 4.15. The average Bonchev–Trinajstić information content (AvgIpc) is 2.81. The van der Waals surface area contributed by atoms with Crippen LogP contribution < -0.4 is 5.32 Å². The fourth-order valence-corrected chi connectivity index (χ4v) is 1.59. The lowest BCUT2D eigenvalue weighted by Gasteiger charge is -2.11. The smallest absolute Gasteiger partial charge is 0.229 e. The third-order valence-electron chi connectivity index (χ3n) is 2.52. The van der Waals surface area contributed by atoms with Gasteiger partial charge in [-0.25, -0.2) is 0 Å². The molecule has 0 fully saturated rings. The summed E-state index contributed by atoms with van der Waals surface area (Å²) in [6, 6.07) is 3.79. The molecule has 0 aliphatic carbocycles. The van der Waals surface area contributed by atoms with E-state index in [0.717, 1.165) is 5.56 Å². The van der Waals surface area contributed by atoms with Crippen LogP contribution in [0.15, 0.2) is 29.0 Å². The number of hydrogen-bond acceptors (Lipinski definition) is 5. The van der Waals surface area contributed by atoms with Crippen LogP contribution in [0.5, 0.6) is 0 Å². The highest BCUT2D eigenvalue weighted by Gasteiger charge is 2.19. The van der Waals surface area contributed by atoms with E-state index in [1.807, 2.05) is 33.0 Å². The summed E-state index contributed by atoms with van der Waals surface area (Å²) >= 11 is 0. The molecule has 2 aromatic rings. The van der Waals surface area contributed by atoms with E-state index in [0.29, 0.717) is 11.7 Å². The standard InChI is InChI=1S/C12H16N4O/c1-8(2)12-15-11(16-17-12)10(13-3)9-5-4-6-14-7-9/h4-8,10,13H,1-3H3/t10-/m1/s1. The van der Waals surface area contributed by atoms with Gasteiger partial charge in [0.05, 0.1) is 6.04 Å². The van der Waals surface area contributed by atoms with Crippen LogP contribution in [0.1, 0.15) is 43.1 Å². The summed E-state index contributed by atoms with van der Waals surface area (Å²) in [5.74, 6) is 1.54. The highest BCUT2D eigenvalue weighted by molar-refractivity contribution is 5.20. The first kappa shape index (κ1) is 11.7. The van der Waals surface area contributed by atoms with E-state index in [-0.39, 0.29) is 12.0 Å². The molecule has 0 amide bonds. The van der Waals surface area contributed by atoms with Crippen molar-refractivity contribution in [1.82, 2.24) is 20.4 Å². The molecule has 1 atom stereocenters. The van der Waals surface area contributed by atoms with Gasteiger partial charge in [-0.05, 0) is 18.7 Å². The molecule has 5 heteroatoms. The Bertz CT molecular complexity index is 466. The lowest BCUT2D eigenvalue weighted by Crippen LogP contribution is -2.19. The molecule has 0 unspecified atom stereocenters. The van der Waals surface area contributed by atoms with Crippen LogP contribution in [-0.4, -0.2) is 22.2 Å². The van der Waals surface area contributed by atoms with Crippen LogP contribution in [0.2, 0.25) is 0 Å². The van der Waals surface area contributed by atoms with Crippen LogP contribution >= 0.6 is 0 Å². The van der Waals surface area contributed by atoms with Crippen molar-refractivity contribution in [2.45, 2.75) is 25.8 Å². The number of hydrogen-bond donors (Lipinski definition) is 1. The Morgan fingerprint density at radius 1 is 1.35 bits per heavy atom. The van der Waals surface area contributed by atoms with Crippen molar-refractivity contribution < 1.29 is 4.52 Å². The van der Waals surface area contributed by atoms with Gasteiger partial charge in [-0.15, -0.1) is 0 Å². The molecule has 0 aliphatic heterocycles. The quantitative estimate of drug-likeness (QED) is 0.872. The molecule has 0 radical (unpaired) electrons. The molecular formula is C12H16N4O. The first-order valence-corrected chi connectivity index (χ1v) is 5.63. The molecular weight excluding hydrogens is 216 g/mol. The fourth-order valence-electron chi connectivity index (χ4n) is 1.59. The summed E-state index contributed by atoms with van der Waals surface area (Å²) in [5, 5.41) is 7.17. The second kappa shape index (κ2) is 5.05. The Kier molecular flexibility index (Phi) is 3.49. The van der Waals surface area contributed by atoms with Gasteiger partial charge >= 0.3 is 0 Å². The molecule has 2 rings (SSSR count). The fraction of sp³-hybridized carbons (Fsp3) is 0.417. The van der Waals surface area contributed by atoms with Gasteiger partial charge < -0.3 is 9.84 Å². The Balaban J connectivity index is 2.29. The average molecular weight is 232 g/mol. The molecule has 2 heterocycles. The van der Waals surface area contributed by atoms with Crippen LogP contribution in [0.4, 0.5) is 0 Å². The largest absolute Gasteiger partial charge is 0.339 e. The molecule has 17 heavy (non-hydrogen) atoms. The van der Waals surface area contributed by atoms with Crippen molar-refractivity contribution in [2.75, 3.05) is 7.05 Å². The Labute approximate surface area is 100 Å². The van der Waals surface area contributed by atoms with Gasteiger partial charge in [0, 0.05) is 18.3 Å². The minimum Gasteiger partial charge on any atom is -0.339 e. The van der Waals surface area contributed by atoms with Crippen LogP contribution in [0.25, 0.3) is 0 Å². The van der Waals surface area contributed by atoms with Crippen LogP contribution in [0.3, 0.4) is 0 Å². The van der Waals surface area contributed by atoms with Gasteiger partial charge in [-0.2, -0.15) is 4.98 Å². The van der Waals surface area contributed by atoms with E-state index >= 15 is 0 Å². The summed E-state index contributed by atoms with van der Waals surface area (Å²) in [6.45, 7) is 4.05. The molecule has 0 aromatic carbocycles. The topological polar surface area (TPSA) is 63.8 Å². The molecule has 2 aromatic heterocycles. The van der Waals surface area contributed by atoms with Crippen molar-refractivity contribution in [3.63, 3.8) is 0 Å². The zero-order valence-corrected chi connectivity index (χ0v) is 10.2. The number of aromatic nitrogens is 3. The van der Waals surface area contributed by atoms with Crippen molar-refractivity contribution in [3.8, 4) is 0 Å². The Morgan fingerprint density at radius 3 is 2.71 bits per heavy atom. The monoisotopic (exact) mass is 232 g/mol. The maximum atomic E-state index is 5.21. The third-order valence-corrected chi connectivity index (χ3v) is 2.52. The summed E-state index contributed by atoms with van der Waals surface area (Å²) in [4.78, 5) is 8.48. The number of pyridine rings is 1. The lowest BCUT2D eigenvalue weighted by molar-refractivity contribution is 0.358. The van der Waals surface area contributed by atoms with Crippen molar-refractivity contribution in [2.24, 2.45) is 0 Å². The highest BCUT2D eigenvalue weighted by Crippen LogP contribution is 2.20. The van der Waals surface area contributed by atoms with Gasteiger partial charge in [0.15, 0.2) is 5.82 Å². The third kappa shape index (κ3) is 2.50. The minimum absolute atomic E-state index is 0.0834. The summed E-state index contributed by atoms with van der Waals surface area (Å²) in [6.07, 6.45) is 3.54. The summed E-state index contributed by atoms with van der Waals surface area (Å²) < 4.78 is 5.21. The predicted molar refractivity (Wildman–Crippen MR) is 63.5 cm³/mol. The van der Waals surface area contributed by atoms with Gasteiger partial charge in [0.1, 0.15) is 0 Å². The van der Waals surface area contributed by atoms with E-state index in [9.17, 15) is 0 Å². The molecule has 90 valence electrons. The second-order valence-corrected chi connectivity index (χ2v) is 4.15. The van der Waals surface area contributed by atoms with E-state index < -0.39 is 0 Å². The van der Waals surface area contributed by atoms with Crippen LogP contribution in [0, 0.1) is 0 Å². The van der Waals surface area contributed by atoms with Crippen molar-refractivity contribution in [1.29, 1.82) is 0 Å². The number of nitrogens with one attached hydrogen (secondary N) is 1. The predicted octanol–water partition coefficient (Wildman–Crippen LogP) is 1.90. The van der Waals surface area contributed by atoms with Crippen LogP contribution in [-0.2, 0) is 0 Å². The first-order chi connectivity index (χ1) is 8.22. The Morgan fingerprint density at radius 2 is 2.18 bits per heavy atom. The van der Waals surface area contributed by atoms with Gasteiger partial charge in [-0.1, -0.05) is 25.1 Å². The molecule has 0 saturated heterocycles. The number of rotatable bonds is 4. The minimum atomic E-state index is -0.0834. The Hall–Kier alpha value is -1.75. The van der Waals surface area contributed by atoms with Gasteiger partial charge in [0.25, 0.3) is 0 Å².